The predicted molar refractivity (Wildman–Crippen MR) is 111 cm³/mol. The van der Waals surface area contributed by atoms with Crippen LogP contribution in [0.15, 0.2) is 72.8 Å². The Kier molecular flexibility index (Phi) is 7.07. The van der Waals surface area contributed by atoms with Crippen LogP contribution in [0, 0.1) is 23.0 Å². The minimum atomic E-state index is -0.572. The molecule has 0 aliphatic carbocycles. The lowest BCUT2D eigenvalue weighted by Gasteiger charge is -2.22. The SMILES string of the molecule is N#CCCN(C(=O)COc1ccc(C(=O)c2ccc(F)cc2)cc1)c1ccccc1F. The maximum absolute atomic E-state index is 14.1. The van der Waals surface area contributed by atoms with Gasteiger partial charge in [-0.25, -0.2) is 8.78 Å². The van der Waals surface area contributed by atoms with Crippen molar-refractivity contribution in [2.75, 3.05) is 18.1 Å². The molecule has 156 valence electrons. The molecule has 3 aromatic rings. The highest BCUT2D eigenvalue weighted by molar-refractivity contribution is 6.09. The Balaban J connectivity index is 1.66. The molecule has 0 radical (unpaired) electrons. The third-order valence-corrected chi connectivity index (χ3v) is 4.48. The zero-order valence-electron chi connectivity index (χ0n) is 16.4. The van der Waals surface area contributed by atoms with E-state index in [1.807, 2.05) is 6.07 Å². The van der Waals surface area contributed by atoms with Crippen molar-refractivity contribution in [2.45, 2.75) is 6.42 Å². The van der Waals surface area contributed by atoms with Crippen LogP contribution < -0.4 is 9.64 Å². The minimum absolute atomic E-state index is 0.0325. The van der Waals surface area contributed by atoms with Gasteiger partial charge in [-0.15, -0.1) is 0 Å². The van der Waals surface area contributed by atoms with E-state index < -0.39 is 17.5 Å². The number of carbonyl (C=O) groups is 2. The lowest BCUT2D eigenvalue weighted by Crippen LogP contribution is -2.36. The summed E-state index contributed by atoms with van der Waals surface area (Å²) in [7, 11) is 0. The zero-order valence-corrected chi connectivity index (χ0v) is 16.4. The number of hydrogen-bond acceptors (Lipinski definition) is 4. The number of amides is 1. The summed E-state index contributed by atoms with van der Waals surface area (Å²) < 4.78 is 32.6. The Labute approximate surface area is 178 Å². The average molecular weight is 420 g/mol. The Morgan fingerprint density at radius 1 is 0.903 bits per heavy atom. The van der Waals surface area contributed by atoms with Crippen molar-refractivity contribution in [2.24, 2.45) is 0 Å². The van der Waals surface area contributed by atoms with Crippen LogP contribution in [-0.2, 0) is 4.79 Å². The zero-order chi connectivity index (χ0) is 22.2. The van der Waals surface area contributed by atoms with E-state index in [0.717, 1.165) is 0 Å². The molecule has 0 aromatic heterocycles. The minimum Gasteiger partial charge on any atom is -0.484 e. The summed E-state index contributed by atoms with van der Waals surface area (Å²) in [6.45, 7) is -0.338. The van der Waals surface area contributed by atoms with Crippen LogP contribution in [0.4, 0.5) is 14.5 Å². The molecule has 3 rings (SSSR count). The predicted octanol–water partition coefficient (Wildman–Crippen LogP) is 4.52. The highest BCUT2D eigenvalue weighted by atomic mass is 19.1. The van der Waals surface area contributed by atoms with E-state index in [0.29, 0.717) is 16.9 Å². The van der Waals surface area contributed by atoms with E-state index in [1.165, 1.54) is 71.6 Å². The number of hydrogen-bond donors (Lipinski definition) is 0. The van der Waals surface area contributed by atoms with E-state index in [4.69, 9.17) is 10.00 Å². The van der Waals surface area contributed by atoms with Crippen LogP contribution >= 0.6 is 0 Å². The Morgan fingerprint density at radius 2 is 1.52 bits per heavy atom. The molecule has 5 nitrogen and oxygen atoms in total. The average Bonchev–Trinajstić information content (AvgIpc) is 2.79. The number of benzene rings is 3. The van der Waals surface area contributed by atoms with E-state index >= 15 is 0 Å². The maximum Gasteiger partial charge on any atom is 0.265 e. The number of nitrogens with zero attached hydrogens (tertiary/aromatic N) is 2. The smallest absolute Gasteiger partial charge is 0.265 e. The van der Waals surface area contributed by atoms with Gasteiger partial charge in [0.2, 0.25) is 0 Å². The first kappa shape index (κ1) is 21.7. The fourth-order valence-electron chi connectivity index (χ4n) is 2.91. The van der Waals surface area contributed by atoms with Gasteiger partial charge in [0.05, 0.1) is 18.2 Å². The maximum atomic E-state index is 14.1. The van der Waals surface area contributed by atoms with Crippen molar-refractivity contribution in [1.82, 2.24) is 0 Å². The molecule has 0 aliphatic rings. The van der Waals surface area contributed by atoms with Crippen LogP contribution in [0.5, 0.6) is 5.75 Å². The van der Waals surface area contributed by atoms with Gasteiger partial charge in [-0.3, -0.25) is 9.59 Å². The van der Waals surface area contributed by atoms with E-state index in [9.17, 15) is 18.4 Å². The van der Waals surface area contributed by atoms with Crippen LogP contribution in [0.3, 0.4) is 0 Å². The van der Waals surface area contributed by atoms with Gasteiger partial charge >= 0.3 is 0 Å². The number of carbonyl (C=O) groups excluding carboxylic acids is 2. The number of ketones is 1. The van der Waals surface area contributed by atoms with Gasteiger partial charge in [-0.05, 0) is 60.7 Å². The molecular weight excluding hydrogens is 402 g/mol. The third kappa shape index (κ3) is 5.52. The first-order chi connectivity index (χ1) is 15.0. The van der Waals surface area contributed by atoms with Crippen LogP contribution in [-0.4, -0.2) is 24.8 Å². The Hall–Kier alpha value is -4.05. The molecule has 0 heterocycles. The van der Waals surface area contributed by atoms with Crippen LogP contribution in [0.2, 0.25) is 0 Å². The molecule has 0 N–H and O–H groups in total. The molecule has 31 heavy (non-hydrogen) atoms. The van der Waals surface area contributed by atoms with E-state index in [1.54, 1.807) is 6.07 Å². The van der Waals surface area contributed by atoms with Crippen LogP contribution in [0.1, 0.15) is 22.3 Å². The molecule has 0 atom stereocenters. The number of anilines is 1. The summed E-state index contributed by atoms with van der Waals surface area (Å²) in [5.41, 5.74) is 0.808. The lowest BCUT2D eigenvalue weighted by atomic mass is 10.0. The molecule has 3 aromatic carbocycles. The summed E-state index contributed by atoms with van der Waals surface area (Å²) in [6.07, 6.45) is 0.0419. The number of para-hydroxylation sites is 1. The van der Waals surface area contributed by atoms with Gasteiger partial charge in [0, 0.05) is 17.7 Å². The first-order valence-electron chi connectivity index (χ1n) is 9.44. The summed E-state index contributed by atoms with van der Waals surface area (Å²) in [5, 5.41) is 8.83. The summed E-state index contributed by atoms with van der Waals surface area (Å²) >= 11 is 0. The molecule has 0 spiro atoms. The Bertz CT molecular complexity index is 1110. The van der Waals surface area contributed by atoms with Gasteiger partial charge in [-0.1, -0.05) is 12.1 Å². The standard InChI is InChI=1S/C24H18F2N2O3/c25-19-10-6-17(7-11-19)24(30)18-8-12-20(13-9-18)31-16-23(29)28(15-3-14-27)22-5-2-1-4-21(22)26/h1-2,4-13H,3,15-16H2. The fraction of sp³-hybridized carbons (Fsp3) is 0.125. The van der Waals surface area contributed by atoms with Gasteiger partial charge in [0.15, 0.2) is 12.4 Å². The number of ether oxygens (including phenoxy) is 1. The number of rotatable bonds is 8. The number of halogens is 2. The van der Waals surface area contributed by atoms with Crippen molar-refractivity contribution >= 4 is 17.4 Å². The molecule has 0 saturated carbocycles. The lowest BCUT2D eigenvalue weighted by molar-refractivity contribution is -0.120. The highest BCUT2D eigenvalue weighted by Gasteiger charge is 2.19. The second kappa shape index (κ2) is 10.1. The summed E-state index contributed by atoms with van der Waals surface area (Å²) in [5.74, 6) is -1.43. The van der Waals surface area contributed by atoms with Crippen molar-refractivity contribution in [3.8, 4) is 11.8 Å². The van der Waals surface area contributed by atoms with Crippen LogP contribution in [0.25, 0.3) is 0 Å². The monoisotopic (exact) mass is 420 g/mol. The van der Waals surface area contributed by atoms with Gasteiger partial charge in [-0.2, -0.15) is 5.26 Å². The third-order valence-electron chi connectivity index (χ3n) is 4.48. The molecule has 1 amide bonds. The van der Waals surface area contributed by atoms with Crippen molar-refractivity contribution in [3.63, 3.8) is 0 Å². The number of nitriles is 1. The van der Waals surface area contributed by atoms with Gasteiger partial charge in [0.1, 0.15) is 17.4 Å². The summed E-state index contributed by atoms with van der Waals surface area (Å²) in [6, 6.07) is 19.1. The van der Waals surface area contributed by atoms with Crippen molar-refractivity contribution in [1.29, 1.82) is 5.26 Å². The summed E-state index contributed by atoms with van der Waals surface area (Å²) in [4.78, 5) is 26.2. The van der Waals surface area contributed by atoms with Crippen molar-refractivity contribution in [3.05, 3.63) is 95.6 Å². The van der Waals surface area contributed by atoms with E-state index in [2.05, 4.69) is 0 Å². The molecule has 0 bridgehead atoms. The second-order valence-corrected chi connectivity index (χ2v) is 6.55. The normalized spacial score (nSPS) is 10.2. The van der Waals surface area contributed by atoms with Crippen molar-refractivity contribution < 1.29 is 23.1 Å². The fourth-order valence-corrected chi connectivity index (χ4v) is 2.91. The molecule has 0 unspecified atom stereocenters. The quantitative estimate of drug-likeness (QED) is 0.503. The molecule has 0 fully saturated rings. The largest absolute Gasteiger partial charge is 0.484 e. The van der Waals surface area contributed by atoms with Gasteiger partial charge < -0.3 is 9.64 Å². The molecular formula is C24H18F2N2O3. The van der Waals surface area contributed by atoms with Gasteiger partial charge in [0.25, 0.3) is 5.91 Å². The molecule has 0 saturated heterocycles. The topological polar surface area (TPSA) is 70.4 Å². The molecule has 7 heteroatoms. The second-order valence-electron chi connectivity index (χ2n) is 6.55. The van der Waals surface area contributed by atoms with E-state index in [-0.39, 0.29) is 31.0 Å². The first-order valence-corrected chi connectivity index (χ1v) is 9.44. The highest BCUT2D eigenvalue weighted by Crippen LogP contribution is 2.20. The Morgan fingerprint density at radius 3 is 2.13 bits per heavy atom. The molecule has 0 aliphatic heterocycles.